The van der Waals surface area contributed by atoms with Crippen molar-refractivity contribution in [3.8, 4) is 0 Å². The van der Waals surface area contributed by atoms with Gasteiger partial charge in [-0.25, -0.2) is 4.98 Å². The number of nitrogens with zero attached hydrogens (tertiary/aromatic N) is 2. The first-order valence-corrected chi connectivity index (χ1v) is 9.35. The van der Waals surface area contributed by atoms with Crippen molar-refractivity contribution in [1.29, 1.82) is 0 Å². The predicted octanol–water partition coefficient (Wildman–Crippen LogP) is 2.45. The molecule has 1 aromatic heterocycles. The van der Waals surface area contributed by atoms with E-state index in [0.717, 1.165) is 49.0 Å². The molecule has 2 N–H and O–H groups in total. The summed E-state index contributed by atoms with van der Waals surface area (Å²) in [5.41, 5.74) is 8.14. The Morgan fingerprint density at radius 2 is 2.00 bits per heavy atom. The fourth-order valence-corrected chi connectivity index (χ4v) is 3.72. The van der Waals surface area contributed by atoms with E-state index in [0.29, 0.717) is 31.8 Å². The largest absolute Gasteiger partial charge is 0.445 e. The Bertz CT molecular complexity index is 759. The lowest BCUT2D eigenvalue weighted by Gasteiger charge is -2.28. The van der Waals surface area contributed by atoms with Crippen LogP contribution in [0.4, 0.5) is 0 Å². The van der Waals surface area contributed by atoms with E-state index < -0.39 is 6.04 Å². The van der Waals surface area contributed by atoms with Crippen LogP contribution in [0.25, 0.3) is 0 Å². The summed E-state index contributed by atoms with van der Waals surface area (Å²) in [4.78, 5) is 19.3. The molecule has 0 spiro atoms. The highest BCUT2D eigenvalue weighted by molar-refractivity contribution is 5.85. The van der Waals surface area contributed by atoms with Gasteiger partial charge in [-0.2, -0.15) is 0 Å². The van der Waals surface area contributed by atoms with Crippen LogP contribution in [0.15, 0.2) is 34.7 Å². The zero-order valence-electron chi connectivity index (χ0n) is 15.3. The van der Waals surface area contributed by atoms with Gasteiger partial charge in [0.1, 0.15) is 11.5 Å². The van der Waals surface area contributed by atoms with E-state index in [9.17, 15) is 4.79 Å². The molecule has 4 rings (SSSR count). The molecular formula is C20H26ClN3O3. The number of fused-ring (bicyclic) bond motifs is 1. The summed E-state index contributed by atoms with van der Waals surface area (Å²) in [5.74, 6) is 2.04. The minimum atomic E-state index is -0.527. The smallest absolute Gasteiger partial charge is 0.240 e. The maximum Gasteiger partial charge on any atom is 0.240 e. The van der Waals surface area contributed by atoms with E-state index in [1.54, 1.807) is 0 Å². The SMILES string of the molecule is Cl.N[C@H](Cc1ccccc1)C(=O)N1CCc2oc(C3CCOCC3)nc2C1. The average Bonchev–Trinajstić information content (AvgIpc) is 3.12. The summed E-state index contributed by atoms with van der Waals surface area (Å²) >= 11 is 0. The fraction of sp³-hybridized carbons (Fsp3) is 0.500. The van der Waals surface area contributed by atoms with Crippen molar-refractivity contribution in [1.82, 2.24) is 9.88 Å². The third kappa shape index (κ3) is 4.51. The molecule has 2 aliphatic heterocycles. The molecule has 6 nitrogen and oxygen atoms in total. The van der Waals surface area contributed by atoms with Crippen LogP contribution in [0, 0.1) is 0 Å². The van der Waals surface area contributed by atoms with Crippen LogP contribution in [-0.4, -0.2) is 41.6 Å². The van der Waals surface area contributed by atoms with E-state index in [1.165, 1.54) is 0 Å². The highest BCUT2D eigenvalue weighted by atomic mass is 35.5. The second-order valence-electron chi connectivity index (χ2n) is 7.11. The molecule has 146 valence electrons. The average molecular weight is 392 g/mol. The lowest BCUT2D eigenvalue weighted by atomic mass is 10.0. The summed E-state index contributed by atoms with van der Waals surface area (Å²) in [7, 11) is 0. The number of amides is 1. The van der Waals surface area contributed by atoms with Gasteiger partial charge in [-0.05, 0) is 24.8 Å². The molecule has 1 fully saturated rings. The Morgan fingerprint density at radius 1 is 1.26 bits per heavy atom. The van der Waals surface area contributed by atoms with Gasteiger partial charge in [-0.1, -0.05) is 30.3 Å². The molecule has 0 radical (unpaired) electrons. The number of oxazole rings is 1. The normalized spacial score (nSPS) is 18.5. The number of halogens is 1. The molecule has 27 heavy (non-hydrogen) atoms. The zero-order chi connectivity index (χ0) is 17.9. The Hall–Kier alpha value is -1.89. The van der Waals surface area contributed by atoms with Gasteiger partial charge in [0.2, 0.25) is 5.91 Å². The Balaban J connectivity index is 0.00000210. The van der Waals surface area contributed by atoms with Crippen LogP contribution in [0.5, 0.6) is 0 Å². The highest BCUT2D eigenvalue weighted by Crippen LogP contribution is 2.30. The summed E-state index contributed by atoms with van der Waals surface area (Å²) in [5, 5.41) is 0. The molecule has 1 saturated heterocycles. The molecule has 1 aromatic carbocycles. The van der Waals surface area contributed by atoms with Gasteiger partial charge < -0.3 is 19.8 Å². The van der Waals surface area contributed by atoms with Crippen molar-refractivity contribution >= 4 is 18.3 Å². The molecule has 0 bridgehead atoms. The van der Waals surface area contributed by atoms with Gasteiger partial charge in [0, 0.05) is 32.1 Å². The molecule has 1 atom stereocenters. The maximum absolute atomic E-state index is 12.7. The third-order valence-electron chi connectivity index (χ3n) is 5.24. The minimum absolute atomic E-state index is 0. The number of hydrogen-bond acceptors (Lipinski definition) is 5. The maximum atomic E-state index is 12.7. The molecule has 2 aromatic rings. The Morgan fingerprint density at radius 3 is 2.74 bits per heavy atom. The van der Waals surface area contributed by atoms with E-state index in [4.69, 9.17) is 19.9 Å². The molecule has 0 aliphatic carbocycles. The molecule has 1 amide bonds. The summed E-state index contributed by atoms with van der Waals surface area (Å²) in [6.07, 6.45) is 3.15. The first kappa shape index (κ1) is 19.9. The summed E-state index contributed by atoms with van der Waals surface area (Å²) < 4.78 is 11.4. The van der Waals surface area contributed by atoms with Gasteiger partial charge in [-0.3, -0.25) is 4.79 Å². The number of rotatable bonds is 4. The van der Waals surface area contributed by atoms with Crippen LogP contribution in [0.1, 0.15) is 41.7 Å². The molecule has 2 aliphatic rings. The van der Waals surface area contributed by atoms with Gasteiger partial charge >= 0.3 is 0 Å². The number of hydrogen-bond donors (Lipinski definition) is 1. The van der Waals surface area contributed by atoms with E-state index in [1.807, 2.05) is 35.2 Å². The van der Waals surface area contributed by atoms with Gasteiger partial charge in [0.25, 0.3) is 0 Å². The highest BCUT2D eigenvalue weighted by Gasteiger charge is 2.30. The van der Waals surface area contributed by atoms with Gasteiger partial charge in [0.15, 0.2) is 5.89 Å². The lowest BCUT2D eigenvalue weighted by Crippen LogP contribution is -2.46. The van der Waals surface area contributed by atoms with Gasteiger partial charge in [-0.15, -0.1) is 12.4 Å². The second kappa shape index (κ2) is 8.87. The van der Waals surface area contributed by atoms with Gasteiger partial charge in [0.05, 0.1) is 12.6 Å². The molecule has 0 unspecified atom stereocenters. The van der Waals surface area contributed by atoms with Crippen LogP contribution in [0.3, 0.4) is 0 Å². The predicted molar refractivity (Wildman–Crippen MR) is 104 cm³/mol. The quantitative estimate of drug-likeness (QED) is 0.865. The first-order chi connectivity index (χ1) is 12.7. The number of aromatic nitrogens is 1. The topological polar surface area (TPSA) is 81.6 Å². The number of carbonyl (C=O) groups excluding carboxylic acids is 1. The number of nitrogens with two attached hydrogens (primary N) is 1. The van der Waals surface area contributed by atoms with E-state index in [2.05, 4.69) is 0 Å². The minimum Gasteiger partial charge on any atom is -0.445 e. The van der Waals surface area contributed by atoms with Crippen molar-refractivity contribution < 1.29 is 13.9 Å². The first-order valence-electron chi connectivity index (χ1n) is 9.35. The number of benzene rings is 1. The van der Waals surface area contributed by atoms with Crippen molar-refractivity contribution in [3.63, 3.8) is 0 Å². The molecule has 3 heterocycles. The second-order valence-corrected chi connectivity index (χ2v) is 7.11. The molecule has 0 saturated carbocycles. The standard InChI is InChI=1S/C20H25N3O3.ClH/c21-16(12-14-4-2-1-3-5-14)20(24)23-9-6-18-17(13-23)22-19(26-18)15-7-10-25-11-8-15;/h1-5,15-16H,6-13,21H2;1H/t16-;/m1./s1. The monoisotopic (exact) mass is 391 g/mol. The zero-order valence-corrected chi connectivity index (χ0v) is 16.1. The fourth-order valence-electron chi connectivity index (χ4n) is 3.72. The van der Waals surface area contributed by atoms with Crippen molar-refractivity contribution in [3.05, 3.63) is 53.2 Å². The lowest BCUT2D eigenvalue weighted by molar-refractivity contribution is -0.133. The Labute approximate surface area is 165 Å². The van der Waals surface area contributed by atoms with Crippen LogP contribution in [-0.2, 0) is 28.9 Å². The molecule has 7 heteroatoms. The van der Waals surface area contributed by atoms with Crippen LogP contribution in [0.2, 0.25) is 0 Å². The van der Waals surface area contributed by atoms with Crippen LogP contribution < -0.4 is 5.73 Å². The number of carbonyl (C=O) groups is 1. The number of ether oxygens (including phenoxy) is 1. The molecular weight excluding hydrogens is 366 g/mol. The van der Waals surface area contributed by atoms with Crippen molar-refractivity contribution in [2.75, 3.05) is 19.8 Å². The third-order valence-corrected chi connectivity index (χ3v) is 5.24. The van der Waals surface area contributed by atoms with Crippen molar-refractivity contribution in [2.24, 2.45) is 5.73 Å². The van der Waals surface area contributed by atoms with E-state index >= 15 is 0 Å². The van der Waals surface area contributed by atoms with Crippen molar-refractivity contribution in [2.45, 2.75) is 44.2 Å². The summed E-state index contributed by atoms with van der Waals surface area (Å²) in [6, 6.07) is 9.36. The summed E-state index contributed by atoms with van der Waals surface area (Å²) in [6.45, 7) is 2.65. The van der Waals surface area contributed by atoms with Crippen LogP contribution >= 0.6 is 12.4 Å². The van der Waals surface area contributed by atoms with E-state index in [-0.39, 0.29) is 18.3 Å². The Kier molecular flexibility index (Phi) is 6.52.